The fraction of sp³-hybridized carbons (Fsp3) is 0.308. The number of amides is 1. The summed E-state index contributed by atoms with van der Waals surface area (Å²) in [5, 5.41) is 3.16. The van der Waals surface area contributed by atoms with Crippen LogP contribution in [0.2, 0.25) is 0 Å². The molecule has 0 aliphatic carbocycles. The predicted molar refractivity (Wildman–Crippen MR) is 125 cm³/mol. The van der Waals surface area contributed by atoms with Gasteiger partial charge in [0.25, 0.3) is 5.91 Å². The molecule has 0 bridgehead atoms. The molecule has 0 saturated heterocycles. The zero-order chi connectivity index (χ0) is 22.9. The number of carbonyl (C=O) groups is 1. The fourth-order valence-electron chi connectivity index (χ4n) is 3.60. The van der Waals surface area contributed by atoms with Crippen LogP contribution < -0.4 is 10.1 Å². The average molecular weight is 436 g/mol. The first-order valence-electron chi connectivity index (χ1n) is 10.9. The number of pyridine rings is 1. The van der Waals surface area contributed by atoms with Crippen LogP contribution in [0, 0.1) is 5.82 Å². The Balaban J connectivity index is 1.73. The molecule has 3 rings (SSSR count). The van der Waals surface area contributed by atoms with Gasteiger partial charge in [-0.15, -0.1) is 0 Å². The lowest BCUT2D eigenvalue weighted by atomic mass is 10.0. The molecule has 1 amide bonds. The third kappa shape index (κ3) is 6.14. The Labute approximate surface area is 189 Å². The lowest BCUT2D eigenvalue weighted by Gasteiger charge is -2.28. The van der Waals surface area contributed by atoms with Crippen LogP contribution in [-0.4, -0.2) is 42.5 Å². The summed E-state index contributed by atoms with van der Waals surface area (Å²) in [6, 6.07) is 17.3. The van der Waals surface area contributed by atoms with Gasteiger partial charge in [0.1, 0.15) is 23.0 Å². The Kier molecular flexibility index (Phi) is 8.34. The van der Waals surface area contributed by atoms with E-state index in [0.717, 1.165) is 36.9 Å². The lowest BCUT2D eigenvalue weighted by Crippen LogP contribution is -2.39. The maximum atomic E-state index is 13.1. The summed E-state index contributed by atoms with van der Waals surface area (Å²) in [6.45, 7) is 3.00. The van der Waals surface area contributed by atoms with E-state index in [9.17, 15) is 9.18 Å². The largest absolute Gasteiger partial charge is 0.457 e. The van der Waals surface area contributed by atoms with Crippen molar-refractivity contribution >= 4 is 5.91 Å². The molecule has 3 aromatic rings. The zero-order valence-corrected chi connectivity index (χ0v) is 18.8. The summed E-state index contributed by atoms with van der Waals surface area (Å²) in [6.07, 6.45) is 4.55. The lowest BCUT2D eigenvalue weighted by molar-refractivity contribution is 0.0709. The summed E-state index contributed by atoms with van der Waals surface area (Å²) in [7, 11) is 3.78. The molecular weight excluding hydrogens is 405 g/mol. The molecule has 1 N–H and O–H groups in total. The van der Waals surface area contributed by atoms with Gasteiger partial charge in [-0.05, 0) is 86.1 Å². The normalized spacial score (nSPS) is 11.8. The Morgan fingerprint density at radius 1 is 1.03 bits per heavy atom. The number of carbonyl (C=O) groups excluding carboxylic acids is 1. The first-order chi connectivity index (χ1) is 15.5. The quantitative estimate of drug-likeness (QED) is 0.455. The second-order valence-corrected chi connectivity index (χ2v) is 7.76. The number of aromatic nitrogens is 1. The van der Waals surface area contributed by atoms with Gasteiger partial charge in [-0.2, -0.15) is 0 Å². The Bertz CT molecular complexity index is 1010. The molecule has 1 aromatic heterocycles. The van der Waals surface area contributed by atoms with E-state index in [-0.39, 0.29) is 17.8 Å². The van der Waals surface area contributed by atoms with Gasteiger partial charge in [0.15, 0.2) is 0 Å². The van der Waals surface area contributed by atoms with E-state index < -0.39 is 0 Å². The van der Waals surface area contributed by atoms with Crippen LogP contribution in [0.25, 0.3) is 11.1 Å². The molecular formula is C26H30FN3O2. The van der Waals surface area contributed by atoms with Crippen LogP contribution in [0.4, 0.5) is 4.39 Å². The predicted octanol–water partition coefficient (Wildman–Crippen LogP) is 5.53. The molecule has 1 atom stereocenters. The third-order valence-electron chi connectivity index (χ3n) is 5.43. The third-order valence-corrected chi connectivity index (χ3v) is 5.43. The zero-order valence-electron chi connectivity index (χ0n) is 18.8. The maximum absolute atomic E-state index is 13.1. The summed E-state index contributed by atoms with van der Waals surface area (Å²) in [5.74, 6) is 0.846. The molecule has 0 saturated carbocycles. The van der Waals surface area contributed by atoms with E-state index in [1.807, 2.05) is 55.4 Å². The average Bonchev–Trinajstić information content (AvgIpc) is 2.83. The SMILES string of the molecule is CCCC(CCNC)N(C)C(=O)c1cc(-c2ccc(Oc3ccc(F)cc3)cc2)ccn1. The highest BCUT2D eigenvalue weighted by atomic mass is 19.1. The van der Waals surface area contributed by atoms with Gasteiger partial charge < -0.3 is 15.0 Å². The van der Waals surface area contributed by atoms with E-state index >= 15 is 0 Å². The van der Waals surface area contributed by atoms with Crippen molar-refractivity contribution in [3.8, 4) is 22.6 Å². The summed E-state index contributed by atoms with van der Waals surface area (Å²) >= 11 is 0. The van der Waals surface area contributed by atoms with Crippen molar-refractivity contribution in [1.29, 1.82) is 0 Å². The van der Waals surface area contributed by atoms with Gasteiger partial charge in [0.05, 0.1) is 0 Å². The smallest absolute Gasteiger partial charge is 0.272 e. The molecule has 0 fully saturated rings. The molecule has 2 aromatic carbocycles. The van der Waals surface area contributed by atoms with E-state index in [2.05, 4.69) is 17.2 Å². The summed E-state index contributed by atoms with van der Waals surface area (Å²) in [4.78, 5) is 19.2. The molecule has 168 valence electrons. The first kappa shape index (κ1) is 23.4. The highest BCUT2D eigenvalue weighted by Gasteiger charge is 2.21. The molecule has 0 aliphatic rings. The van der Waals surface area contributed by atoms with Crippen LogP contribution >= 0.6 is 0 Å². The molecule has 1 heterocycles. The number of benzene rings is 2. The van der Waals surface area contributed by atoms with Crippen molar-refractivity contribution in [1.82, 2.24) is 15.2 Å². The Morgan fingerprint density at radius 3 is 2.31 bits per heavy atom. The Morgan fingerprint density at radius 2 is 1.69 bits per heavy atom. The number of nitrogens with one attached hydrogen (secondary N) is 1. The van der Waals surface area contributed by atoms with Gasteiger partial charge in [-0.25, -0.2) is 4.39 Å². The standard InChI is InChI=1S/C26H30FN3O2/c1-4-5-22(15-16-28-2)30(3)26(31)25-18-20(14-17-29-25)19-6-10-23(11-7-19)32-24-12-8-21(27)9-13-24/h6-14,17-18,22,28H,4-5,15-16H2,1-3H3. The maximum Gasteiger partial charge on any atom is 0.272 e. The molecule has 1 unspecified atom stereocenters. The van der Waals surface area contributed by atoms with Crippen molar-refractivity contribution in [2.24, 2.45) is 0 Å². The first-order valence-corrected chi connectivity index (χ1v) is 10.9. The molecule has 5 nitrogen and oxygen atoms in total. The van der Waals surface area contributed by atoms with Crippen molar-refractivity contribution in [3.63, 3.8) is 0 Å². The number of ether oxygens (including phenoxy) is 1. The van der Waals surface area contributed by atoms with E-state index in [4.69, 9.17) is 4.74 Å². The summed E-state index contributed by atoms with van der Waals surface area (Å²) < 4.78 is 18.8. The highest BCUT2D eigenvalue weighted by Crippen LogP contribution is 2.26. The number of nitrogens with zero attached hydrogens (tertiary/aromatic N) is 2. The van der Waals surface area contributed by atoms with E-state index in [1.54, 1.807) is 18.3 Å². The van der Waals surface area contributed by atoms with Crippen LogP contribution in [0.5, 0.6) is 11.5 Å². The van der Waals surface area contributed by atoms with Crippen molar-refractivity contribution < 1.29 is 13.9 Å². The topological polar surface area (TPSA) is 54.5 Å². The minimum atomic E-state index is -0.301. The molecule has 0 radical (unpaired) electrons. The minimum absolute atomic E-state index is 0.0716. The Hall–Kier alpha value is -3.25. The number of hydrogen-bond acceptors (Lipinski definition) is 4. The number of hydrogen-bond donors (Lipinski definition) is 1. The fourth-order valence-corrected chi connectivity index (χ4v) is 3.60. The van der Waals surface area contributed by atoms with Crippen molar-refractivity contribution in [2.45, 2.75) is 32.2 Å². The highest BCUT2D eigenvalue weighted by molar-refractivity contribution is 5.93. The molecule has 0 spiro atoms. The van der Waals surface area contributed by atoms with Gasteiger partial charge in [-0.3, -0.25) is 9.78 Å². The van der Waals surface area contributed by atoms with E-state index in [1.165, 1.54) is 12.1 Å². The second-order valence-electron chi connectivity index (χ2n) is 7.76. The van der Waals surface area contributed by atoms with Gasteiger partial charge in [-0.1, -0.05) is 25.5 Å². The molecule has 32 heavy (non-hydrogen) atoms. The number of rotatable bonds is 10. The number of halogens is 1. The molecule has 6 heteroatoms. The molecule has 0 aliphatic heterocycles. The van der Waals surface area contributed by atoms with Gasteiger partial charge in [0.2, 0.25) is 0 Å². The van der Waals surface area contributed by atoms with E-state index in [0.29, 0.717) is 17.2 Å². The van der Waals surface area contributed by atoms with Crippen LogP contribution in [-0.2, 0) is 0 Å². The van der Waals surface area contributed by atoms with Crippen LogP contribution in [0.15, 0.2) is 66.9 Å². The van der Waals surface area contributed by atoms with Crippen LogP contribution in [0.1, 0.15) is 36.7 Å². The minimum Gasteiger partial charge on any atom is -0.457 e. The monoisotopic (exact) mass is 435 g/mol. The van der Waals surface area contributed by atoms with Gasteiger partial charge >= 0.3 is 0 Å². The van der Waals surface area contributed by atoms with Crippen molar-refractivity contribution in [3.05, 3.63) is 78.4 Å². The van der Waals surface area contributed by atoms with Crippen LogP contribution in [0.3, 0.4) is 0 Å². The second kappa shape index (κ2) is 11.4. The van der Waals surface area contributed by atoms with Gasteiger partial charge in [0, 0.05) is 19.3 Å². The van der Waals surface area contributed by atoms with Crippen molar-refractivity contribution in [2.75, 3.05) is 20.6 Å². The summed E-state index contributed by atoms with van der Waals surface area (Å²) in [5.41, 5.74) is 2.30.